The number of rotatable bonds is 1. The summed E-state index contributed by atoms with van der Waals surface area (Å²) >= 11 is 0. The third-order valence-electron chi connectivity index (χ3n) is 14.4. The van der Waals surface area contributed by atoms with Crippen LogP contribution in [0.4, 0.5) is 28.4 Å². The zero-order valence-electron chi connectivity index (χ0n) is 34.2. The van der Waals surface area contributed by atoms with E-state index in [1.54, 1.807) is 0 Å². The van der Waals surface area contributed by atoms with Crippen LogP contribution in [0.2, 0.25) is 0 Å². The molecular formula is C57H39BN2O. The van der Waals surface area contributed by atoms with Crippen LogP contribution in [0.15, 0.2) is 186 Å². The summed E-state index contributed by atoms with van der Waals surface area (Å²) in [6.07, 6.45) is 0. The van der Waals surface area contributed by atoms with Gasteiger partial charge in [-0.2, -0.15) is 0 Å². The molecule has 0 unspecified atom stereocenters. The topological polar surface area (TPSA) is 19.6 Å². The molecule has 0 amide bonds. The SMILES string of the molecule is CC(C)(C)c1ccc(N2B3c4cccc5c4N(c4ccccc4C54c5ccccc5-c5ccccc54)c4c3c(cc3ccccc43)-c3ccc4oc5ccccc5c4c32)cc1. The van der Waals surface area contributed by atoms with Crippen LogP contribution in [0.1, 0.15) is 48.6 Å². The maximum atomic E-state index is 6.70. The van der Waals surface area contributed by atoms with Crippen LogP contribution < -0.4 is 20.6 Å². The molecule has 3 aliphatic heterocycles. The molecule has 4 heteroatoms. The Morgan fingerprint density at radius 3 is 1.92 bits per heavy atom. The average molecular weight is 779 g/mol. The molecule has 1 aliphatic carbocycles. The zero-order valence-corrected chi connectivity index (χ0v) is 34.2. The van der Waals surface area contributed by atoms with Crippen LogP contribution in [0.3, 0.4) is 0 Å². The Labute approximate surface area is 355 Å². The van der Waals surface area contributed by atoms with Gasteiger partial charge in [0, 0.05) is 33.4 Å². The molecule has 14 rings (SSSR count). The standard InChI is InChI=1S/C57H39BN2O/c1-56(2,3)35-27-29-36(30-28-35)60-53-40(31-32-50-51(53)41-19-8-13-26-49(41)61-50)42-33-34-15-4-5-16-37(34)54-52(42)58(60)47-24-14-23-46-55(47)59(54)48-25-12-11-22-45(48)57(46)43-20-9-6-17-38(43)39-18-7-10-21-44(39)57/h4-33H,1-3H3. The summed E-state index contributed by atoms with van der Waals surface area (Å²) in [6, 6.07) is 68.6. The van der Waals surface area contributed by atoms with Gasteiger partial charge < -0.3 is 14.1 Å². The molecule has 1 aromatic heterocycles. The predicted molar refractivity (Wildman–Crippen MR) is 255 cm³/mol. The number of furan rings is 1. The van der Waals surface area contributed by atoms with Gasteiger partial charge in [-0.25, -0.2) is 0 Å². The Morgan fingerprint density at radius 1 is 0.492 bits per heavy atom. The smallest absolute Gasteiger partial charge is 0.333 e. The fourth-order valence-corrected chi connectivity index (χ4v) is 11.9. The van der Waals surface area contributed by atoms with Gasteiger partial charge >= 0.3 is 6.85 Å². The highest BCUT2D eigenvalue weighted by Crippen LogP contribution is 2.64. The molecule has 1 spiro atoms. The first-order valence-electron chi connectivity index (χ1n) is 21.6. The molecule has 0 saturated heterocycles. The van der Waals surface area contributed by atoms with E-state index in [4.69, 9.17) is 4.42 Å². The summed E-state index contributed by atoms with van der Waals surface area (Å²) in [5, 5.41) is 4.78. The monoisotopic (exact) mass is 778 g/mol. The van der Waals surface area contributed by atoms with Gasteiger partial charge in [-0.3, -0.25) is 0 Å². The first-order chi connectivity index (χ1) is 29.9. The van der Waals surface area contributed by atoms with E-state index in [0.717, 1.165) is 27.6 Å². The van der Waals surface area contributed by atoms with E-state index in [2.05, 4.69) is 212 Å². The third kappa shape index (κ3) is 4.06. The molecule has 0 saturated carbocycles. The second-order valence-corrected chi connectivity index (χ2v) is 18.3. The van der Waals surface area contributed by atoms with Gasteiger partial charge in [-0.15, -0.1) is 0 Å². The summed E-state index contributed by atoms with van der Waals surface area (Å²) in [7, 11) is 0. The van der Waals surface area contributed by atoms with E-state index in [1.165, 1.54) is 94.5 Å². The van der Waals surface area contributed by atoms with Crippen LogP contribution in [-0.4, -0.2) is 6.85 Å². The molecule has 4 heterocycles. The first kappa shape index (κ1) is 33.5. The van der Waals surface area contributed by atoms with Crippen LogP contribution in [0.25, 0.3) is 55.0 Å². The van der Waals surface area contributed by atoms with E-state index in [9.17, 15) is 0 Å². The van der Waals surface area contributed by atoms with Crippen LogP contribution in [0, 0.1) is 0 Å². The number of hydrogen-bond donors (Lipinski definition) is 0. The lowest BCUT2D eigenvalue weighted by molar-refractivity contribution is 0.590. The Hall–Kier alpha value is -7.30. The van der Waals surface area contributed by atoms with E-state index in [1.807, 2.05) is 0 Å². The third-order valence-corrected chi connectivity index (χ3v) is 14.4. The van der Waals surface area contributed by atoms with Gasteiger partial charge in [-0.05, 0) is 109 Å². The molecule has 9 aromatic carbocycles. The Balaban J connectivity index is 1.18. The van der Waals surface area contributed by atoms with Crippen molar-refractivity contribution >= 4 is 78.9 Å². The van der Waals surface area contributed by atoms with Gasteiger partial charge in [0.15, 0.2) is 0 Å². The lowest BCUT2D eigenvalue weighted by Gasteiger charge is -2.52. The number of benzene rings is 9. The second-order valence-electron chi connectivity index (χ2n) is 18.3. The largest absolute Gasteiger partial charge is 0.456 e. The van der Waals surface area contributed by atoms with Gasteiger partial charge in [0.2, 0.25) is 0 Å². The number of nitrogens with zero attached hydrogens (tertiary/aromatic N) is 2. The van der Waals surface area contributed by atoms with Crippen molar-refractivity contribution in [3.05, 3.63) is 210 Å². The number of anilines is 5. The van der Waals surface area contributed by atoms with Crippen LogP contribution >= 0.6 is 0 Å². The molecule has 286 valence electrons. The zero-order chi connectivity index (χ0) is 40.4. The van der Waals surface area contributed by atoms with Gasteiger partial charge in [0.25, 0.3) is 0 Å². The minimum absolute atomic E-state index is 0.0183. The lowest BCUT2D eigenvalue weighted by atomic mass is 9.42. The first-order valence-corrected chi connectivity index (χ1v) is 21.6. The molecule has 0 N–H and O–H groups in total. The lowest BCUT2D eigenvalue weighted by Crippen LogP contribution is -2.62. The summed E-state index contributed by atoms with van der Waals surface area (Å²) < 4.78 is 6.70. The minimum atomic E-state index is -0.518. The number of fused-ring (bicyclic) bond motifs is 19. The van der Waals surface area contributed by atoms with Gasteiger partial charge in [-0.1, -0.05) is 160 Å². The minimum Gasteiger partial charge on any atom is -0.456 e. The Bertz CT molecular complexity index is 3510. The van der Waals surface area contributed by atoms with Gasteiger partial charge in [0.05, 0.1) is 22.2 Å². The van der Waals surface area contributed by atoms with E-state index < -0.39 is 5.41 Å². The quantitative estimate of drug-likeness (QED) is 0.155. The Kier molecular flexibility index (Phi) is 6.32. The molecule has 0 atom stereocenters. The molecular weight excluding hydrogens is 739 g/mol. The highest BCUT2D eigenvalue weighted by atomic mass is 16.3. The van der Waals surface area contributed by atoms with E-state index in [0.29, 0.717) is 0 Å². The average Bonchev–Trinajstić information content (AvgIpc) is 3.82. The van der Waals surface area contributed by atoms with Crippen LogP contribution in [-0.2, 0) is 10.8 Å². The van der Waals surface area contributed by atoms with Crippen molar-refractivity contribution in [2.45, 2.75) is 31.6 Å². The predicted octanol–water partition coefficient (Wildman–Crippen LogP) is 13.4. The second kappa shape index (κ2) is 11.5. The molecule has 10 aromatic rings. The van der Waals surface area contributed by atoms with Crippen molar-refractivity contribution < 1.29 is 4.42 Å². The van der Waals surface area contributed by atoms with Crippen molar-refractivity contribution in [3.8, 4) is 22.3 Å². The maximum absolute atomic E-state index is 6.70. The highest BCUT2D eigenvalue weighted by Gasteiger charge is 2.56. The fourth-order valence-electron chi connectivity index (χ4n) is 11.9. The van der Waals surface area contributed by atoms with Crippen molar-refractivity contribution in [2.24, 2.45) is 0 Å². The fraction of sp³-hybridized carbons (Fsp3) is 0.0877. The van der Waals surface area contributed by atoms with Crippen molar-refractivity contribution in [3.63, 3.8) is 0 Å². The molecule has 3 nitrogen and oxygen atoms in total. The summed E-state index contributed by atoms with van der Waals surface area (Å²) in [4.78, 5) is 5.33. The highest BCUT2D eigenvalue weighted by molar-refractivity contribution is 6.94. The van der Waals surface area contributed by atoms with Crippen molar-refractivity contribution in [2.75, 3.05) is 9.71 Å². The molecule has 0 fully saturated rings. The Morgan fingerprint density at radius 2 is 1.15 bits per heavy atom. The number of para-hydroxylation sites is 3. The van der Waals surface area contributed by atoms with Crippen molar-refractivity contribution in [1.82, 2.24) is 0 Å². The molecule has 0 radical (unpaired) electrons. The summed E-state index contributed by atoms with van der Waals surface area (Å²) in [5.41, 5.74) is 21.8. The normalized spacial score (nSPS) is 14.8. The molecule has 61 heavy (non-hydrogen) atoms. The number of hydrogen-bond acceptors (Lipinski definition) is 3. The maximum Gasteiger partial charge on any atom is 0.333 e. The van der Waals surface area contributed by atoms with Gasteiger partial charge in [0.1, 0.15) is 11.2 Å². The molecule has 0 bridgehead atoms. The van der Waals surface area contributed by atoms with Crippen molar-refractivity contribution in [1.29, 1.82) is 0 Å². The van der Waals surface area contributed by atoms with E-state index >= 15 is 0 Å². The van der Waals surface area contributed by atoms with E-state index in [-0.39, 0.29) is 12.3 Å². The summed E-state index contributed by atoms with van der Waals surface area (Å²) in [6.45, 7) is 6.74. The summed E-state index contributed by atoms with van der Waals surface area (Å²) in [5.74, 6) is 0. The molecule has 4 aliphatic rings. The van der Waals surface area contributed by atoms with Crippen LogP contribution in [0.5, 0.6) is 0 Å².